The number of rotatable bonds is 4. The summed E-state index contributed by atoms with van der Waals surface area (Å²) in [5.74, 6) is 0.772. The van der Waals surface area contributed by atoms with Gasteiger partial charge in [0.15, 0.2) is 5.82 Å². The van der Waals surface area contributed by atoms with Gasteiger partial charge in [0.2, 0.25) is 0 Å². The van der Waals surface area contributed by atoms with E-state index >= 15 is 0 Å². The molecule has 2 aliphatic heterocycles. The fraction of sp³-hybridized carbons (Fsp3) is 0.400. The monoisotopic (exact) mass is 467 g/mol. The lowest BCUT2D eigenvalue weighted by atomic mass is 9.84. The second-order valence-electron chi connectivity index (χ2n) is 8.91. The Morgan fingerprint density at radius 2 is 1.76 bits per heavy atom. The number of piperidine rings is 2. The van der Waals surface area contributed by atoms with Crippen LogP contribution in [-0.4, -0.2) is 68.2 Å². The predicted octanol–water partition coefficient (Wildman–Crippen LogP) is 3.48. The normalized spacial score (nSPS) is 22.0. The molecule has 0 saturated carbocycles. The van der Waals surface area contributed by atoms with Gasteiger partial charge >= 0.3 is 0 Å². The quantitative estimate of drug-likeness (QED) is 0.613. The van der Waals surface area contributed by atoms with Crippen molar-refractivity contribution in [2.24, 2.45) is 0 Å². The number of aromatic nitrogens is 3. The third-order valence-electron chi connectivity index (χ3n) is 6.90. The third kappa shape index (κ3) is 4.95. The van der Waals surface area contributed by atoms with Crippen LogP contribution in [0.4, 0.5) is 0 Å². The molecular formula is C25H30ClN5O2. The first-order valence-electron chi connectivity index (χ1n) is 11.4. The number of hydrogen-bond acceptors (Lipinski definition) is 5. The first-order chi connectivity index (χ1) is 15.6. The number of hydrogen-bond donors (Lipinski definition) is 2. The van der Waals surface area contributed by atoms with E-state index in [1.807, 2.05) is 59.5 Å². The van der Waals surface area contributed by atoms with Crippen LogP contribution < -0.4 is 0 Å². The number of aliphatic hydroxyl groups is 1. The molecule has 33 heavy (non-hydrogen) atoms. The topological polar surface area (TPSA) is 85.4 Å². The van der Waals surface area contributed by atoms with Gasteiger partial charge in [-0.25, -0.2) is 4.98 Å². The number of aromatic amines is 1. The van der Waals surface area contributed by atoms with E-state index in [1.54, 1.807) is 0 Å². The molecule has 2 N–H and O–H groups in total. The molecule has 3 aromatic rings. The molecule has 1 unspecified atom stereocenters. The average Bonchev–Trinajstić information content (AvgIpc) is 3.40. The van der Waals surface area contributed by atoms with Crippen LogP contribution in [0, 0.1) is 0 Å². The van der Waals surface area contributed by atoms with Gasteiger partial charge in [-0.05, 0) is 49.9 Å². The molecule has 1 aromatic heterocycles. The minimum atomic E-state index is -0.780. The first-order valence-corrected chi connectivity index (χ1v) is 11.4. The molecule has 2 aliphatic rings. The number of amides is 1. The van der Waals surface area contributed by atoms with Crippen molar-refractivity contribution in [2.45, 2.75) is 37.3 Å². The highest BCUT2D eigenvalue weighted by atomic mass is 35.5. The van der Waals surface area contributed by atoms with E-state index in [-0.39, 0.29) is 18.3 Å². The van der Waals surface area contributed by atoms with E-state index in [9.17, 15) is 9.90 Å². The lowest BCUT2D eigenvalue weighted by molar-refractivity contribution is -0.0553. The number of carbonyl (C=O) groups is 1. The summed E-state index contributed by atoms with van der Waals surface area (Å²) in [4.78, 5) is 21.5. The second kappa shape index (κ2) is 10.0. The van der Waals surface area contributed by atoms with Gasteiger partial charge in [0, 0.05) is 36.8 Å². The molecule has 3 heterocycles. The van der Waals surface area contributed by atoms with Gasteiger partial charge in [0.25, 0.3) is 5.91 Å². The second-order valence-corrected chi connectivity index (χ2v) is 8.91. The highest BCUT2D eigenvalue weighted by Crippen LogP contribution is 2.34. The van der Waals surface area contributed by atoms with E-state index in [2.05, 4.69) is 20.1 Å². The molecule has 2 saturated heterocycles. The number of benzene rings is 2. The van der Waals surface area contributed by atoms with Crippen LogP contribution in [0.25, 0.3) is 11.4 Å². The number of β-amino-alcohol motifs (C(OH)–C–C–N with tert-alkyl or cyclic N) is 1. The molecule has 2 fully saturated rings. The molecule has 8 heteroatoms. The largest absolute Gasteiger partial charge is 0.384 e. The minimum Gasteiger partial charge on any atom is -0.384 e. The molecule has 0 aliphatic carbocycles. The molecule has 174 valence electrons. The van der Waals surface area contributed by atoms with Crippen LogP contribution in [0.5, 0.6) is 0 Å². The van der Waals surface area contributed by atoms with Crippen LogP contribution in [0.3, 0.4) is 0 Å². The van der Waals surface area contributed by atoms with Gasteiger partial charge in [-0.3, -0.25) is 14.8 Å². The summed E-state index contributed by atoms with van der Waals surface area (Å²) in [7, 11) is 0. The predicted molar refractivity (Wildman–Crippen MR) is 129 cm³/mol. The zero-order chi connectivity index (χ0) is 22.0. The third-order valence-corrected chi connectivity index (χ3v) is 6.90. The number of nitrogens with zero attached hydrogens (tertiary/aromatic N) is 4. The highest BCUT2D eigenvalue weighted by Gasteiger charge is 2.38. The van der Waals surface area contributed by atoms with Crippen molar-refractivity contribution in [3.63, 3.8) is 0 Å². The van der Waals surface area contributed by atoms with Crippen molar-refractivity contribution >= 4 is 18.3 Å². The molecule has 0 spiro atoms. The number of halogens is 1. The van der Waals surface area contributed by atoms with Gasteiger partial charge in [-0.2, -0.15) is 5.10 Å². The Balaban J connectivity index is 0.00000259. The van der Waals surface area contributed by atoms with E-state index in [0.29, 0.717) is 24.0 Å². The Bertz CT molecular complexity index is 1040. The number of H-pyrrole nitrogens is 1. The van der Waals surface area contributed by atoms with Crippen molar-refractivity contribution in [3.8, 4) is 11.4 Å². The van der Waals surface area contributed by atoms with Crippen molar-refractivity contribution in [2.75, 3.05) is 26.2 Å². The van der Waals surface area contributed by atoms with Gasteiger partial charge in [0.05, 0.1) is 0 Å². The van der Waals surface area contributed by atoms with Crippen molar-refractivity contribution in [1.29, 1.82) is 0 Å². The SMILES string of the molecule is Cl.O=C(c1ccc(-c2ncn[nH]2)cc1)N1CCC(N2CCCC(O)(c3ccccc3)C2)CC1. The summed E-state index contributed by atoms with van der Waals surface area (Å²) in [5, 5.41) is 18.0. The average molecular weight is 468 g/mol. The lowest BCUT2D eigenvalue weighted by Gasteiger charge is -2.45. The summed E-state index contributed by atoms with van der Waals surface area (Å²) >= 11 is 0. The molecule has 1 amide bonds. The molecule has 0 bridgehead atoms. The Hall–Kier alpha value is -2.74. The highest BCUT2D eigenvalue weighted by molar-refractivity contribution is 5.94. The van der Waals surface area contributed by atoms with E-state index in [4.69, 9.17) is 0 Å². The van der Waals surface area contributed by atoms with E-state index < -0.39 is 5.60 Å². The Morgan fingerprint density at radius 1 is 1.03 bits per heavy atom. The lowest BCUT2D eigenvalue weighted by Crippen LogP contribution is -2.53. The molecule has 0 radical (unpaired) electrons. The van der Waals surface area contributed by atoms with Crippen LogP contribution in [0.1, 0.15) is 41.6 Å². The van der Waals surface area contributed by atoms with E-state index in [1.165, 1.54) is 6.33 Å². The maximum atomic E-state index is 13.0. The number of nitrogens with one attached hydrogen (secondary N) is 1. The fourth-order valence-corrected chi connectivity index (χ4v) is 5.10. The van der Waals surface area contributed by atoms with Gasteiger partial charge < -0.3 is 10.0 Å². The van der Waals surface area contributed by atoms with Gasteiger partial charge in [0.1, 0.15) is 11.9 Å². The molecular weight excluding hydrogens is 438 g/mol. The van der Waals surface area contributed by atoms with Crippen LogP contribution in [-0.2, 0) is 5.60 Å². The summed E-state index contributed by atoms with van der Waals surface area (Å²) in [6.07, 6.45) is 5.14. The van der Waals surface area contributed by atoms with Crippen molar-refractivity contribution in [1.82, 2.24) is 25.0 Å². The molecule has 1 atom stereocenters. The van der Waals surface area contributed by atoms with Gasteiger partial charge in [-0.15, -0.1) is 12.4 Å². The van der Waals surface area contributed by atoms with Crippen LogP contribution in [0.2, 0.25) is 0 Å². The molecule has 7 nitrogen and oxygen atoms in total. The Kier molecular flexibility index (Phi) is 7.12. The van der Waals surface area contributed by atoms with Crippen molar-refractivity contribution < 1.29 is 9.90 Å². The summed E-state index contributed by atoms with van der Waals surface area (Å²) in [6.45, 7) is 3.16. The minimum absolute atomic E-state index is 0. The number of carbonyl (C=O) groups excluding carboxylic acids is 1. The Morgan fingerprint density at radius 3 is 2.42 bits per heavy atom. The molecule has 5 rings (SSSR count). The molecule has 2 aromatic carbocycles. The standard InChI is InChI=1S/C25H29N5O2.ClH/c31-24(20-9-7-19(8-10-20)23-26-18-27-28-23)29-15-11-22(12-16-29)30-14-4-13-25(32,17-30)21-5-2-1-3-6-21;/h1-3,5-10,18,22,32H,4,11-17H2,(H,26,27,28);1H. The van der Waals surface area contributed by atoms with Gasteiger partial charge in [-0.1, -0.05) is 42.5 Å². The maximum absolute atomic E-state index is 13.0. The van der Waals surface area contributed by atoms with Crippen LogP contribution >= 0.6 is 12.4 Å². The van der Waals surface area contributed by atoms with E-state index in [0.717, 1.165) is 56.4 Å². The number of likely N-dealkylation sites (tertiary alicyclic amines) is 2. The van der Waals surface area contributed by atoms with Crippen molar-refractivity contribution in [3.05, 3.63) is 72.1 Å². The summed E-state index contributed by atoms with van der Waals surface area (Å²) in [6, 6.07) is 18.0. The van der Waals surface area contributed by atoms with Crippen LogP contribution in [0.15, 0.2) is 60.9 Å². The zero-order valence-corrected chi connectivity index (χ0v) is 19.4. The Labute approximate surface area is 200 Å². The summed E-state index contributed by atoms with van der Waals surface area (Å²) in [5.41, 5.74) is 1.83. The smallest absolute Gasteiger partial charge is 0.253 e. The maximum Gasteiger partial charge on any atom is 0.253 e. The zero-order valence-electron chi connectivity index (χ0n) is 18.6. The fourth-order valence-electron chi connectivity index (χ4n) is 5.10. The summed E-state index contributed by atoms with van der Waals surface area (Å²) < 4.78 is 0. The first kappa shape index (κ1) is 23.4.